The molecule has 0 aliphatic rings. The zero-order valence-electron chi connectivity index (χ0n) is 17.3. The third-order valence-electron chi connectivity index (χ3n) is 4.57. The van der Waals surface area contributed by atoms with Gasteiger partial charge in [-0.05, 0) is 36.8 Å². The molecule has 32 heavy (non-hydrogen) atoms. The van der Waals surface area contributed by atoms with E-state index in [4.69, 9.17) is 4.74 Å². The maximum Gasteiger partial charge on any atom is 0.319 e. The smallest absolute Gasteiger partial charge is 0.319 e. The number of amides is 2. The van der Waals surface area contributed by atoms with Gasteiger partial charge in [0.25, 0.3) is 5.56 Å². The van der Waals surface area contributed by atoms with Gasteiger partial charge in [0, 0.05) is 18.8 Å². The molecule has 3 aromatic rings. The van der Waals surface area contributed by atoms with E-state index in [0.717, 1.165) is 23.3 Å². The summed E-state index contributed by atoms with van der Waals surface area (Å²) < 4.78 is 32.7. The normalized spacial score (nSPS) is 11.6. The van der Waals surface area contributed by atoms with E-state index in [1.165, 1.54) is 16.7 Å². The van der Waals surface area contributed by atoms with Gasteiger partial charge in [0.05, 0.1) is 6.54 Å². The Hall–Kier alpha value is -3.72. The minimum Gasteiger partial charge on any atom is -0.491 e. The lowest BCUT2D eigenvalue weighted by atomic mass is 10.1. The van der Waals surface area contributed by atoms with Gasteiger partial charge in [-0.2, -0.15) is 0 Å². The number of aliphatic hydroxyl groups is 1. The number of carbonyl (C=O) groups excluding carboxylic acids is 1. The molecule has 1 heterocycles. The van der Waals surface area contributed by atoms with Gasteiger partial charge in [0.15, 0.2) is 11.6 Å². The highest BCUT2D eigenvalue weighted by molar-refractivity contribution is 5.88. The van der Waals surface area contributed by atoms with Crippen LogP contribution < -0.4 is 20.9 Å². The van der Waals surface area contributed by atoms with Crippen LogP contribution in [0.4, 0.5) is 19.3 Å². The summed E-state index contributed by atoms with van der Waals surface area (Å²) in [4.78, 5) is 24.7. The van der Waals surface area contributed by atoms with E-state index in [-0.39, 0.29) is 30.1 Å². The second-order valence-electron chi connectivity index (χ2n) is 7.22. The first-order valence-electron chi connectivity index (χ1n) is 9.87. The van der Waals surface area contributed by atoms with Gasteiger partial charge in [-0.25, -0.2) is 13.6 Å². The van der Waals surface area contributed by atoms with Gasteiger partial charge in [0.2, 0.25) is 0 Å². The highest BCUT2D eigenvalue weighted by atomic mass is 19.2. The summed E-state index contributed by atoms with van der Waals surface area (Å²) in [6, 6.07) is 13.2. The Kier molecular flexibility index (Phi) is 7.56. The standard InChI is InChI=1S/C23H23F2N3O4/c1-15-4-6-16(7-5-15)13-28-10-2-3-21(22(28)30)27-23(31)26-12-17(29)14-32-18-8-9-19(24)20(25)11-18/h2-11,17,29H,12-14H2,1H3,(H2,26,27,31). The molecule has 0 bridgehead atoms. The number of anilines is 1. The zero-order valence-corrected chi connectivity index (χ0v) is 17.3. The molecule has 0 saturated carbocycles. The summed E-state index contributed by atoms with van der Waals surface area (Å²) in [5.41, 5.74) is 1.78. The fourth-order valence-corrected chi connectivity index (χ4v) is 2.84. The predicted molar refractivity (Wildman–Crippen MR) is 116 cm³/mol. The molecule has 2 amide bonds. The lowest BCUT2D eigenvalue weighted by Gasteiger charge is -2.14. The lowest BCUT2D eigenvalue weighted by molar-refractivity contribution is 0.108. The minimum atomic E-state index is -1.11. The predicted octanol–water partition coefficient (Wildman–Crippen LogP) is 3.04. The van der Waals surface area contributed by atoms with E-state index in [2.05, 4.69) is 10.6 Å². The van der Waals surface area contributed by atoms with Crippen LogP contribution >= 0.6 is 0 Å². The summed E-state index contributed by atoms with van der Waals surface area (Å²) in [6.45, 7) is 1.90. The van der Waals surface area contributed by atoms with Gasteiger partial charge < -0.3 is 25.0 Å². The zero-order chi connectivity index (χ0) is 23.1. The van der Waals surface area contributed by atoms with E-state index in [0.29, 0.717) is 6.54 Å². The molecular formula is C23H23F2N3O4. The number of pyridine rings is 1. The number of benzene rings is 2. The van der Waals surface area contributed by atoms with Gasteiger partial charge >= 0.3 is 6.03 Å². The van der Waals surface area contributed by atoms with Crippen molar-refractivity contribution in [1.29, 1.82) is 0 Å². The number of carbonyl (C=O) groups is 1. The van der Waals surface area contributed by atoms with Crippen molar-refractivity contribution in [3.05, 3.63) is 93.9 Å². The number of aliphatic hydroxyl groups excluding tert-OH is 1. The van der Waals surface area contributed by atoms with Crippen molar-refractivity contribution in [1.82, 2.24) is 9.88 Å². The van der Waals surface area contributed by atoms with E-state index < -0.39 is 23.8 Å². The van der Waals surface area contributed by atoms with Crippen molar-refractivity contribution < 1.29 is 23.4 Å². The summed E-state index contributed by atoms with van der Waals surface area (Å²) >= 11 is 0. The van der Waals surface area contributed by atoms with Crippen molar-refractivity contribution in [2.75, 3.05) is 18.5 Å². The molecule has 0 spiro atoms. The maximum atomic E-state index is 13.2. The van der Waals surface area contributed by atoms with E-state index >= 15 is 0 Å². The molecule has 3 rings (SSSR count). The van der Waals surface area contributed by atoms with Crippen LogP contribution in [0.25, 0.3) is 0 Å². The highest BCUT2D eigenvalue weighted by Crippen LogP contribution is 2.15. The first-order valence-corrected chi connectivity index (χ1v) is 9.87. The number of nitrogens with zero attached hydrogens (tertiary/aromatic N) is 1. The fourth-order valence-electron chi connectivity index (χ4n) is 2.84. The molecule has 0 fully saturated rings. The van der Waals surface area contributed by atoms with E-state index in [9.17, 15) is 23.5 Å². The van der Waals surface area contributed by atoms with Gasteiger partial charge in [-0.1, -0.05) is 29.8 Å². The first-order chi connectivity index (χ1) is 15.3. The molecular weight excluding hydrogens is 420 g/mol. The second kappa shape index (κ2) is 10.5. The van der Waals surface area contributed by atoms with Gasteiger partial charge in [-0.15, -0.1) is 0 Å². The average Bonchev–Trinajstić information content (AvgIpc) is 2.77. The topological polar surface area (TPSA) is 92.6 Å². The molecule has 7 nitrogen and oxygen atoms in total. The number of aromatic nitrogens is 1. The molecule has 0 radical (unpaired) electrons. The quantitative estimate of drug-likeness (QED) is 0.499. The first kappa shape index (κ1) is 23.0. The van der Waals surface area contributed by atoms with Crippen LogP contribution in [0.3, 0.4) is 0 Å². The Bertz CT molecular complexity index is 1130. The van der Waals surface area contributed by atoms with Crippen molar-refractivity contribution in [2.24, 2.45) is 0 Å². The molecule has 0 aliphatic carbocycles. The van der Waals surface area contributed by atoms with Crippen LogP contribution in [-0.4, -0.2) is 35.0 Å². The molecule has 1 aromatic heterocycles. The highest BCUT2D eigenvalue weighted by Gasteiger charge is 2.11. The van der Waals surface area contributed by atoms with E-state index in [1.54, 1.807) is 12.3 Å². The van der Waals surface area contributed by atoms with Crippen LogP contribution in [-0.2, 0) is 6.54 Å². The molecule has 168 valence electrons. The number of nitrogens with one attached hydrogen (secondary N) is 2. The van der Waals surface area contributed by atoms with Crippen LogP contribution in [0, 0.1) is 18.6 Å². The number of ether oxygens (including phenoxy) is 1. The van der Waals surface area contributed by atoms with Crippen molar-refractivity contribution in [3.8, 4) is 5.75 Å². The molecule has 0 aliphatic heterocycles. The lowest BCUT2D eigenvalue weighted by Crippen LogP contribution is -2.39. The summed E-state index contributed by atoms with van der Waals surface area (Å²) in [7, 11) is 0. The maximum absolute atomic E-state index is 13.2. The fraction of sp³-hybridized carbons (Fsp3) is 0.217. The largest absolute Gasteiger partial charge is 0.491 e. The van der Waals surface area contributed by atoms with Crippen LogP contribution in [0.5, 0.6) is 5.75 Å². The van der Waals surface area contributed by atoms with Crippen LogP contribution in [0.2, 0.25) is 0 Å². The van der Waals surface area contributed by atoms with Crippen LogP contribution in [0.15, 0.2) is 65.6 Å². The Morgan fingerprint density at radius 1 is 1.12 bits per heavy atom. The minimum absolute atomic E-state index is 0.0471. The monoisotopic (exact) mass is 443 g/mol. The van der Waals surface area contributed by atoms with Crippen LogP contribution in [0.1, 0.15) is 11.1 Å². The SMILES string of the molecule is Cc1ccc(Cn2cccc(NC(=O)NCC(O)COc3ccc(F)c(F)c3)c2=O)cc1. The molecule has 9 heteroatoms. The Morgan fingerprint density at radius 2 is 1.88 bits per heavy atom. The Morgan fingerprint density at radius 3 is 2.59 bits per heavy atom. The van der Waals surface area contributed by atoms with Crippen molar-refractivity contribution >= 4 is 11.7 Å². The number of hydrogen-bond donors (Lipinski definition) is 3. The summed E-state index contributed by atoms with van der Waals surface area (Å²) in [5, 5.41) is 14.8. The Balaban J connectivity index is 1.50. The van der Waals surface area contributed by atoms with Gasteiger partial charge in [0.1, 0.15) is 24.1 Å². The average molecular weight is 443 g/mol. The summed E-state index contributed by atoms with van der Waals surface area (Å²) in [6.07, 6.45) is 0.521. The molecule has 1 unspecified atom stereocenters. The molecule has 2 aromatic carbocycles. The number of urea groups is 1. The number of aryl methyl sites for hydroxylation is 1. The summed E-state index contributed by atoms with van der Waals surface area (Å²) in [5.74, 6) is -2.02. The van der Waals surface area contributed by atoms with Crippen molar-refractivity contribution in [2.45, 2.75) is 19.6 Å². The van der Waals surface area contributed by atoms with Gasteiger partial charge in [-0.3, -0.25) is 4.79 Å². The number of rotatable bonds is 8. The third kappa shape index (κ3) is 6.39. The van der Waals surface area contributed by atoms with E-state index in [1.807, 2.05) is 31.2 Å². The number of hydrogen-bond acceptors (Lipinski definition) is 4. The Labute approximate surface area is 183 Å². The van der Waals surface area contributed by atoms with Crippen molar-refractivity contribution in [3.63, 3.8) is 0 Å². The third-order valence-corrected chi connectivity index (χ3v) is 4.57. The second-order valence-corrected chi connectivity index (χ2v) is 7.22. The molecule has 3 N–H and O–H groups in total. The molecule has 0 saturated heterocycles. The molecule has 1 atom stereocenters. The number of halogens is 2.